The van der Waals surface area contributed by atoms with Crippen LogP contribution in [0, 0.1) is 6.92 Å². The number of benzene rings is 1. The quantitative estimate of drug-likeness (QED) is 0.837. The minimum Gasteiger partial charge on any atom is -0.340 e. The number of hydrogen-bond acceptors (Lipinski definition) is 3. The van der Waals surface area contributed by atoms with Crippen LogP contribution in [-0.2, 0) is 22.7 Å². The third kappa shape index (κ3) is 3.67. The zero-order chi connectivity index (χ0) is 17.1. The van der Waals surface area contributed by atoms with Gasteiger partial charge in [0.15, 0.2) is 0 Å². The molecule has 3 rings (SSSR count). The van der Waals surface area contributed by atoms with E-state index in [4.69, 9.17) is 0 Å². The van der Waals surface area contributed by atoms with Crippen molar-refractivity contribution in [2.75, 3.05) is 7.05 Å². The molecule has 0 bridgehead atoms. The molecule has 0 saturated carbocycles. The maximum atomic E-state index is 12.8. The molecule has 126 valence electrons. The Kier molecular flexibility index (Phi) is 5.00. The molecule has 1 aromatic heterocycles. The zero-order valence-electron chi connectivity index (χ0n) is 14.1. The van der Waals surface area contributed by atoms with Gasteiger partial charge in [0.1, 0.15) is 6.04 Å². The van der Waals surface area contributed by atoms with Crippen molar-refractivity contribution in [3.63, 3.8) is 0 Å². The first-order valence-electron chi connectivity index (χ1n) is 8.15. The van der Waals surface area contributed by atoms with Crippen molar-refractivity contribution in [3.05, 3.63) is 57.8 Å². The van der Waals surface area contributed by atoms with E-state index in [-0.39, 0.29) is 17.9 Å². The lowest BCUT2D eigenvalue weighted by Gasteiger charge is -2.28. The van der Waals surface area contributed by atoms with Gasteiger partial charge in [0.05, 0.1) is 0 Å². The summed E-state index contributed by atoms with van der Waals surface area (Å²) in [6, 6.07) is 9.81. The van der Waals surface area contributed by atoms with Crippen molar-refractivity contribution < 1.29 is 9.59 Å². The van der Waals surface area contributed by atoms with Crippen molar-refractivity contribution in [3.8, 4) is 0 Å². The third-order valence-corrected chi connectivity index (χ3v) is 5.19. The lowest BCUT2D eigenvalue weighted by Crippen LogP contribution is -2.44. The van der Waals surface area contributed by atoms with Gasteiger partial charge < -0.3 is 9.80 Å². The molecule has 0 unspecified atom stereocenters. The summed E-state index contributed by atoms with van der Waals surface area (Å²) in [6.07, 6.45) is 1.06. The van der Waals surface area contributed by atoms with Crippen molar-refractivity contribution in [1.29, 1.82) is 0 Å². The van der Waals surface area contributed by atoms with Crippen LogP contribution in [0.3, 0.4) is 0 Å². The Hall–Kier alpha value is -2.14. The van der Waals surface area contributed by atoms with Crippen LogP contribution in [0.4, 0.5) is 0 Å². The Morgan fingerprint density at radius 1 is 1.25 bits per heavy atom. The molecule has 1 aromatic carbocycles. The molecule has 2 aromatic rings. The van der Waals surface area contributed by atoms with Gasteiger partial charge in [-0.3, -0.25) is 9.59 Å². The number of nitrogens with zero attached hydrogens (tertiary/aromatic N) is 2. The minimum atomic E-state index is -0.345. The molecule has 0 radical (unpaired) electrons. The van der Waals surface area contributed by atoms with Crippen LogP contribution in [0.1, 0.15) is 29.5 Å². The van der Waals surface area contributed by atoms with Crippen LogP contribution in [0.5, 0.6) is 0 Å². The molecule has 5 heteroatoms. The highest BCUT2D eigenvalue weighted by Gasteiger charge is 2.37. The molecular formula is C19H22N2O2S. The van der Waals surface area contributed by atoms with E-state index in [2.05, 4.69) is 0 Å². The lowest BCUT2D eigenvalue weighted by atomic mass is 10.1. The number of carbonyl (C=O) groups is 2. The summed E-state index contributed by atoms with van der Waals surface area (Å²) in [5, 5.41) is 4.06. The molecular weight excluding hydrogens is 320 g/mol. The predicted octanol–water partition coefficient (Wildman–Crippen LogP) is 3.21. The summed E-state index contributed by atoms with van der Waals surface area (Å²) in [5.41, 5.74) is 3.38. The standard InChI is InChI=1S/C19H22N2O2S/c1-14-3-5-15(6-4-14)12-21-17(7-8-18(21)22)19(23)20(2)11-16-9-10-24-13-16/h3-6,9-10,13,17H,7-8,11-12H2,1-2H3/t17-/m0/s1. The Morgan fingerprint density at radius 2 is 2.00 bits per heavy atom. The Labute approximate surface area is 146 Å². The van der Waals surface area contributed by atoms with Gasteiger partial charge in [0.2, 0.25) is 11.8 Å². The normalized spacial score (nSPS) is 17.3. The van der Waals surface area contributed by atoms with Gasteiger partial charge in [-0.25, -0.2) is 0 Å². The van der Waals surface area contributed by atoms with Gasteiger partial charge in [0.25, 0.3) is 0 Å². The number of rotatable bonds is 5. The van der Waals surface area contributed by atoms with Crippen LogP contribution in [0.2, 0.25) is 0 Å². The van der Waals surface area contributed by atoms with Crippen LogP contribution in [-0.4, -0.2) is 34.7 Å². The minimum absolute atomic E-state index is 0.0270. The summed E-state index contributed by atoms with van der Waals surface area (Å²) < 4.78 is 0. The molecule has 1 aliphatic rings. The first kappa shape index (κ1) is 16.7. The Bertz CT molecular complexity index is 709. The van der Waals surface area contributed by atoms with Gasteiger partial charge in [-0.2, -0.15) is 11.3 Å². The van der Waals surface area contributed by atoms with Crippen molar-refractivity contribution in [2.45, 2.75) is 38.9 Å². The smallest absolute Gasteiger partial charge is 0.245 e. The lowest BCUT2D eigenvalue weighted by molar-refractivity contribution is -0.141. The maximum Gasteiger partial charge on any atom is 0.245 e. The zero-order valence-corrected chi connectivity index (χ0v) is 14.9. The Balaban J connectivity index is 1.69. The summed E-state index contributed by atoms with van der Waals surface area (Å²) in [4.78, 5) is 28.5. The van der Waals surface area contributed by atoms with E-state index in [0.717, 1.165) is 11.1 Å². The molecule has 1 saturated heterocycles. The molecule has 4 nitrogen and oxygen atoms in total. The second-order valence-corrected chi connectivity index (χ2v) is 7.17. The van der Waals surface area contributed by atoms with E-state index in [1.54, 1.807) is 21.1 Å². The van der Waals surface area contributed by atoms with Crippen LogP contribution < -0.4 is 0 Å². The van der Waals surface area contributed by atoms with Crippen LogP contribution >= 0.6 is 11.3 Å². The SMILES string of the molecule is Cc1ccc(CN2C(=O)CC[C@H]2C(=O)N(C)Cc2ccsc2)cc1. The van der Waals surface area contributed by atoms with Gasteiger partial charge in [-0.15, -0.1) is 0 Å². The monoisotopic (exact) mass is 342 g/mol. The van der Waals surface area contributed by atoms with E-state index in [1.807, 2.05) is 55.1 Å². The third-order valence-electron chi connectivity index (χ3n) is 4.46. The number of carbonyl (C=O) groups excluding carboxylic acids is 2. The van der Waals surface area contributed by atoms with Gasteiger partial charge in [0, 0.05) is 26.6 Å². The topological polar surface area (TPSA) is 40.6 Å². The predicted molar refractivity (Wildman–Crippen MR) is 95.5 cm³/mol. The number of amides is 2. The van der Waals surface area contributed by atoms with Gasteiger partial charge in [-0.05, 0) is 41.3 Å². The van der Waals surface area contributed by atoms with Crippen molar-refractivity contribution in [1.82, 2.24) is 9.80 Å². The van der Waals surface area contributed by atoms with E-state index >= 15 is 0 Å². The van der Waals surface area contributed by atoms with E-state index in [1.165, 1.54) is 5.56 Å². The second-order valence-electron chi connectivity index (χ2n) is 6.39. The number of aryl methyl sites for hydroxylation is 1. The van der Waals surface area contributed by atoms with Crippen LogP contribution in [0.25, 0.3) is 0 Å². The van der Waals surface area contributed by atoms with E-state index < -0.39 is 0 Å². The Morgan fingerprint density at radius 3 is 2.67 bits per heavy atom. The molecule has 0 aliphatic carbocycles. The first-order chi connectivity index (χ1) is 11.5. The molecule has 0 spiro atoms. The highest BCUT2D eigenvalue weighted by atomic mass is 32.1. The van der Waals surface area contributed by atoms with Gasteiger partial charge in [-0.1, -0.05) is 29.8 Å². The van der Waals surface area contributed by atoms with Crippen molar-refractivity contribution >= 4 is 23.2 Å². The average Bonchev–Trinajstić information content (AvgIpc) is 3.20. The fourth-order valence-corrected chi connectivity index (χ4v) is 3.73. The molecule has 1 fully saturated rings. The first-order valence-corrected chi connectivity index (χ1v) is 9.10. The van der Waals surface area contributed by atoms with Crippen LogP contribution in [0.15, 0.2) is 41.1 Å². The number of thiophene rings is 1. The van der Waals surface area contributed by atoms with Crippen molar-refractivity contribution in [2.24, 2.45) is 0 Å². The summed E-state index contributed by atoms with van der Waals surface area (Å²) in [6.45, 7) is 3.13. The fraction of sp³-hybridized carbons (Fsp3) is 0.368. The fourth-order valence-electron chi connectivity index (χ4n) is 3.07. The number of likely N-dealkylation sites (tertiary alicyclic amines) is 1. The number of likely N-dealkylation sites (N-methyl/N-ethyl adjacent to an activating group) is 1. The van der Waals surface area contributed by atoms with Gasteiger partial charge >= 0.3 is 0 Å². The molecule has 1 aliphatic heterocycles. The second kappa shape index (κ2) is 7.18. The summed E-state index contributed by atoms with van der Waals surface area (Å²) in [7, 11) is 1.81. The summed E-state index contributed by atoms with van der Waals surface area (Å²) in [5.74, 6) is 0.0945. The van der Waals surface area contributed by atoms with E-state index in [0.29, 0.717) is 25.9 Å². The molecule has 0 N–H and O–H groups in total. The highest BCUT2D eigenvalue weighted by molar-refractivity contribution is 7.07. The highest BCUT2D eigenvalue weighted by Crippen LogP contribution is 2.24. The maximum absolute atomic E-state index is 12.8. The molecule has 24 heavy (non-hydrogen) atoms. The largest absolute Gasteiger partial charge is 0.340 e. The summed E-state index contributed by atoms with van der Waals surface area (Å²) >= 11 is 1.63. The molecule has 1 atom stereocenters. The average molecular weight is 342 g/mol. The molecule has 2 heterocycles. The molecule has 2 amide bonds. The van der Waals surface area contributed by atoms with E-state index in [9.17, 15) is 9.59 Å². The number of hydrogen-bond donors (Lipinski definition) is 0.